The molecule has 0 aromatic carbocycles. The van der Waals surface area contributed by atoms with Crippen molar-refractivity contribution in [3.63, 3.8) is 0 Å². The largest absolute Gasteiger partial charge is 0.462 e. The molecule has 22 heavy (non-hydrogen) atoms. The summed E-state index contributed by atoms with van der Waals surface area (Å²) in [6.45, 7) is 2.02. The van der Waals surface area contributed by atoms with Crippen molar-refractivity contribution in [2.45, 2.75) is 6.92 Å². The van der Waals surface area contributed by atoms with Crippen LogP contribution < -0.4 is 5.32 Å². The monoisotopic (exact) mass is 317 g/mol. The Kier molecular flexibility index (Phi) is 3.68. The fourth-order valence-corrected chi connectivity index (χ4v) is 2.40. The van der Waals surface area contributed by atoms with E-state index in [1.165, 1.54) is 6.20 Å². The average molecular weight is 318 g/mol. The standard InChI is InChI=1S/C15H12ClN3O3/c1-2-22-15(21)8-3-4-17-11(8)5-10-9-6-13(16)18-7-12(9)19-14(10)20/h3-7,17H,2H2,1H3,(H,19,20)/b10-5-. The predicted octanol–water partition coefficient (Wildman–Crippen LogP) is 2.73. The fourth-order valence-electron chi connectivity index (χ4n) is 2.24. The van der Waals surface area contributed by atoms with Gasteiger partial charge in [0.2, 0.25) is 0 Å². The Hall–Kier alpha value is -2.60. The van der Waals surface area contributed by atoms with Gasteiger partial charge in [-0.15, -0.1) is 0 Å². The fraction of sp³-hybridized carbons (Fsp3) is 0.133. The van der Waals surface area contributed by atoms with Crippen molar-refractivity contribution in [2.24, 2.45) is 0 Å². The summed E-state index contributed by atoms with van der Waals surface area (Å²) < 4.78 is 4.99. The van der Waals surface area contributed by atoms with Crippen molar-refractivity contribution in [3.05, 3.63) is 46.5 Å². The number of halogens is 1. The summed E-state index contributed by atoms with van der Waals surface area (Å²) >= 11 is 5.88. The second-order valence-electron chi connectivity index (χ2n) is 4.59. The van der Waals surface area contributed by atoms with Crippen molar-refractivity contribution in [2.75, 3.05) is 11.9 Å². The minimum atomic E-state index is -0.443. The summed E-state index contributed by atoms with van der Waals surface area (Å²) in [6, 6.07) is 3.21. The van der Waals surface area contributed by atoms with E-state index < -0.39 is 5.97 Å². The highest BCUT2D eigenvalue weighted by Crippen LogP contribution is 2.34. The van der Waals surface area contributed by atoms with E-state index in [1.807, 2.05) is 0 Å². The molecule has 0 bridgehead atoms. The molecule has 2 N–H and O–H groups in total. The minimum Gasteiger partial charge on any atom is -0.462 e. The van der Waals surface area contributed by atoms with Crippen LogP contribution in [0.3, 0.4) is 0 Å². The number of amides is 1. The van der Waals surface area contributed by atoms with Gasteiger partial charge in [-0.25, -0.2) is 9.78 Å². The summed E-state index contributed by atoms with van der Waals surface area (Å²) in [7, 11) is 0. The molecule has 3 rings (SSSR count). The van der Waals surface area contributed by atoms with Crippen LogP contribution in [0.25, 0.3) is 11.6 Å². The molecule has 0 spiro atoms. The molecule has 0 atom stereocenters. The molecule has 112 valence electrons. The van der Waals surface area contributed by atoms with Gasteiger partial charge in [0, 0.05) is 11.8 Å². The Labute approximate surface area is 131 Å². The Balaban J connectivity index is 2.04. The first-order valence-electron chi connectivity index (χ1n) is 6.63. The van der Waals surface area contributed by atoms with E-state index in [0.29, 0.717) is 33.2 Å². The Morgan fingerprint density at radius 3 is 3.09 bits per heavy atom. The lowest BCUT2D eigenvalue weighted by Gasteiger charge is -2.02. The SMILES string of the molecule is CCOC(=O)c1cc[nH]c1/C=C1\C(=O)Nc2cnc(Cl)cc21. The van der Waals surface area contributed by atoms with Crippen molar-refractivity contribution >= 4 is 40.8 Å². The van der Waals surface area contributed by atoms with Crippen LogP contribution in [-0.4, -0.2) is 28.5 Å². The predicted molar refractivity (Wildman–Crippen MR) is 82.5 cm³/mol. The molecule has 0 radical (unpaired) electrons. The zero-order valence-electron chi connectivity index (χ0n) is 11.6. The molecular weight excluding hydrogens is 306 g/mol. The molecule has 0 aliphatic carbocycles. The first-order valence-corrected chi connectivity index (χ1v) is 7.01. The summed E-state index contributed by atoms with van der Waals surface area (Å²) in [4.78, 5) is 30.8. The summed E-state index contributed by atoms with van der Waals surface area (Å²) in [6.07, 6.45) is 4.72. The van der Waals surface area contributed by atoms with Gasteiger partial charge in [0.1, 0.15) is 5.15 Å². The van der Waals surface area contributed by atoms with Crippen LogP contribution in [0.5, 0.6) is 0 Å². The number of nitrogens with zero attached hydrogens (tertiary/aromatic N) is 1. The van der Waals surface area contributed by atoms with Crippen LogP contribution in [0.15, 0.2) is 24.5 Å². The van der Waals surface area contributed by atoms with Gasteiger partial charge in [0.05, 0.1) is 35.3 Å². The number of nitrogens with one attached hydrogen (secondary N) is 2. The van der Waals surface area contributed by atoms with Crippen LogP contribution in [0.1, 0.15) is 28.5 Å². The Bertz CT molecular complexity index is 795. The molecule has 0 saturated carbocycles. The molecule has 3 heterocycles. The topological polar surface area (TPSA) is 84.1 Å². The van der Waals surface area contributed by atoms with Gasteiger partial charge in [0.15, 0.2) is 0 Å². The number of esters is 1. The number of rotatable bonds is 3. The highest BCUT2D eigenvalue weighted by Gasteiger charge is 2.26. The second-order valence-corrected chi connectivity index (χ2v) is 4.98. The molecule has 1 amide bonds. The lowest BCUT2D eigenvalue weighted by atomic mass is 10.1. The number of aromatic nitrogens is 2. The van der Waals surface area contributed by atoms with Crippen molar-refractivity contribution in [3.8, 4) is 0 Å². The average Bonchev–Trinajstić information content (AvgIpc) is 3.06. The number of carbonyl (C=O) groups excluding carboxylic acids is 2. The highest BCUT2D eigenvalue weighted by atomic mass is 35.5. The third-order valence-electron chi connectivity index (χ3n) is 3.22. The maximum absolute atomic E-state index is 12.1. The second kappa shape index (κ2) is 5.65. The number of aromatic amines is 1. The summed E-state index contributed by atoms with van der Waals surface area (Å²) in [5.74, 6) is -0.717. The molecule has 0 fully saturated rings. The summed E-state index contributed by atoms with van der Waals surface area (Å²) in [5, 5.41) is 2.99. The van der Waals surface area contributed by atoms with E-state index in [0.717, 1.165) is 0 Å². The third kappa shape index (κ3) is 2.48. The van der Waals surface area contributed by atoms with Crippen molar-refractivity contribution in [1.82, 2.24) is 9.97 Å². The van der Waals surface area contributed by atoms with Gasteiger partial charge in [-0.1, -0.05) is 11.6 Å². The molecule has 1 aliphatic rings. The number of fused-ring (bicyclic) bond motifs is 1. The summed E-state index contributed by atoms with van der Waals surface area (Å²) in [5.41, 5.74) is 2.52. The van der Waals surface area contributed by atoms with Gasteiger partial charge >= 0.3 is 5.97 Å². The number of H-pyrrole nitrogens is 1. The van der Waals surface area contributed by atoms with E-state index in [4.69, 9.17) is 16.3 Å². The zero-order valence-corrected chi connectivity index (χ0v) is 12.4. The Morgan fingerprint density at radius 1 is 1.50 bits per heavy atom. The van der Waals surface area contributed by atoms with Crippen LogP contribution in [-0.2, 0) is 9.53 Å². The van der Waals surface area contributed by atoms with Gasteiger partial charge in [0.25, 0.3) is 5.91 Å². The van der Waals surface area contributed by atoms with E-state index in [1.54, 1.807) is 31.3 Å². The molecule has 2 aromatic rings. The van der Waals surface area contributed by atoms with Crippen molar-refractivity contribution in [1.29, 1.82) is 0 Å². The molecule has 7 heteroatoms. The molecule has 6 nitrogen and oxygen atoms in total. The first kappa shape index (κ1) is 14.3. The number of carbonyl (C=O) groups is 2. The number of hydrogen-bond acceptors (Lipinski definition) is 4. The van der Waals surface area contributed by atoms with Gasteiger partial charge in [-0.2, -0.15) is 0 Å². The molecular formula is C15H12ClN3O3. The first-order chi connectivity index (χ1) is 10.6. The molecule has 0 saturated heterocycles. The van der Waals surface area contributed by atoms with Crippen LogP contribution >= 0.6 is 11.6 Å². The zero-order chi connectivity index (χ0) is 15.7. The molecule has 2 aromatic heterocycles. The van der Waals surface area contributed by atoms with Crippen LogP contribution in [0, 0.1) is 0 Å². The van der Waals surface area contributed by atoms with E-state index in [-0.39, 0.29) is 12.5 Å². The quantitative estimate of drug-likeness (QED) is 0.518. The van der Waals surface area contributed by atoms with Crippen LogP contribution in [0.2, 0.25) is 5.15 Å². The smallest absolute Gasteiger partial charge is 0.340 e. The maximum atomic E-state index is 12.1. The minimum absolute atomic E-state index is 0.275. The maximum Gasteiger partial charge on any atom is 0.340 e. The molecule has 1 aliphatic heterocycles. The van der Waals surface area contributed by atoms with E-state index in [9.17, 15) is 9.59 Å². The van der Waals surface area contributed by atoms with Gasteiger partial charge in [-0.3, -0.25) is 4.79 Å². The van der Waals surface area contributed by atoms with E-state index >= 15 is 0 Å². The molecule has 0 unspecified atom stereocenters. The van der Waals surface area contributed by atoms with Gasteiger partial charge < -0.3 is 15.0 Å². The lowest BCUT2D eigenvalue weighted by molar-refractivity contribution is -0.110. The number of anilines is 1. The number of ether oxygens (including phenoxy) is 1. The number of hydrogen-bond donors (Lipinski definition) is 2. The lowest BCUT2D eigenvalue weighted by Crippen LogP contribution is -2.06. The number of pyridine rings is 1. The normalized spacial score (nSPS) is 14.8. The van der Waals surface area contributed by atoms with Crippen LogP contribution in [0.4, 0.5) is 5.69 Å². The van der Waals surface area contributed by atoms with Crippen molar-refractivity contribution < 1.29 is 14.3 Å². The van der Waals surface area contributed by atoms with Gasteiger partial charge in [-0.05, 0) is 25.1 Å². The third-order valence-corrected chi connectivity index (χ3v) is 3.42. The van der Waals surface area contributed by atoms with E-state index in [2.05, 4.69) is 15.3 Å². The highest BCUT2D eigenvalue weighted by molar-refractivity contribution is 6.36. The Morgan fingerprint density at radius 2 is 2.32 bits per heavy atom.